The molecule has 1 N–H and O–H groups in total. The fraction of sp³-hybridized carbons (Fsp3) is 0.417. The summed E-state index contributed by atoms with van der Waals surface area (Å²) < 4.78 is 4.07. The van der Waals surface area contributed by atoms with Crippen LogP contribution in [-0.4, -0.2) is 21.4 Å². The highest BCUT2D eigenvalue weighted by Gasteiger charge is 1.98. The number of hydrogen-bond donors (Lipinski definition) is 1. The van der Waals surface area contributed by atoms with Gasteiger partial charge in [-0.05, 0) is 30.7 Å². The van der Waals surface area contributed by atoms with Gasteiger partial charge in [0.1, 0.15) is 0 Å². The fourth-order valence-corrected chi connectivity index (χ4v) is 1.80. The molecule has 16 heavy (non-hydrogen) atoms. The van der Waals surface area contributed by atoms with Gasteiger partial charge in [-0.3, -0.25) is 4.68 Å². The summed E-state index contributed by atoms with van der Waals surface area (Å²) in [7, 11) is 3.91. The molecule has 0 saturated carbocycles. The van der Waals surface area contributed by atoms with Crippen molar-refractivity contribution in [3.63, 3.8) is 0 Å². The highest BCUT2D eigenvalue weighted by Crippen LogP contribution is 2.04. The van der Waals surface area contributed by atoms with Crippen molar-refractivity contribution in [3.05, 3.63) is 42.0 Å². The predicted molar refractivity (Wildman–Crippen MR) is 64.1 cm³/mol. The Morgan fingerprint density at radius 2 is 2.19 bits per heavy atom. The second kappa shape index (κ2) is 4.99. The fourth-order valence-electron chi connectivity index (χ4n) is 1.80. The number of rotatable bonds is 5. The van der Waals surface area contributed by atoms with Gasteiger partial charge in [-0.2, -0.15) is 5.10 Å². The van der Waals surface area contributed by atoms with Crippen LogP contribution >= 0.6 is 0 Å². The molecule has 2 aromatic rings. The Balaban J connectivity index is 1.89. The molecule has 0 spiro atoms. The molecule has 86 valence electrons. The molecule has 0 aromatic carbocycles. The van der Waals surface area contributed by atoms with Crippen LogP contribution in [0.15, 0.2) is 30.9 Å². The average molecular weight is 218 g/mol. The molecule has 2 heterocycles. The van der Waals surface area contributed by atoms with Crippen LogP contribution in [0.1, 0.15) is 11.1 Å². The van der Waals surface area contributed by atoms with Crippen molar-refractivity contribution < 1.29 is 0 Å². The molecule has 0 aliphatic rings. The first kappa shape index (κ1) is 11.0. The third kappa shape index (κ3) is 2.73. The number of aryl methyl sites for hydroxylation is 3. The standard InChI is InChI=1S/C12H18N4/c1-13-7-11-3-5-16(10-11)6-4-12-8-14-15(2)9-12/h3,5,8-10,13H,4,6-7H2,1-2H3. The van der Waals surface area contributed by atoms with Gasteiger partial charge >= 0.3 is 0 Å². The van der Waals surface area contributed by atoms with Crippen molar-refractivity contribution in [2.45, 2.75) is 19.5 Å². The van der Waals surface area contributed by atoms with E-state index in [9.17, 15) is 0 Å². The van der Waals surface area contributed by atoms with E-state index >= 15 is 0 Å². The molecule has 0 radical (unpaired) electrons. The third-order valence-corrected chi connectivity index (χ3v) is 2.61. The molecule has 2 rings (SSSR count). The molecule has 0 atom stereocenters. The van der Waals surface area contributed by atoms with Crippen molar-refractivity contribution in [2.75, 3.05) is 7.05 Å². The number of aromatic nitrogens is 3. The van der Waals surface area contributed by atoms with E-state index in [4.69, 9.17) is 0 Å². The van der Waals surface area contributed by atoms with Crippen molar-refractivity contribution >= 4 is 0 Å². The van der Waals surface area contributed by atoms with Gasteiger partial charge in [0.2, 0.25) is 0 Å². The van der Waals surface area contributed by atoms with Crippen LogP contribution in [0.3, 0.4) is 0 Å². The van der Waals surface area contributed by atoms with Crippen LogP contribution in [0.4, 0.5) is 0 Å². The minimum atomic E-state index is 0.930. The van der Waals surface area contributed by atoms with Gasteiger partial charge in [0.05, 0.1) is 6.20 Å². The summed E-state index contributed by atoms with van der Waals surface area (Å²) in [6.07, 6.45) is 9.34. The highest BCUT2D eigenvalue weighted by atomic mass is 15.2. The summed E-state index contributed by atoms with van der Waals surface area (Å²) in [4.78, 5) is 0. The normalized spacial score (nSPS) is 10.9. The predicted octanol–water partition coefficient (Wildman–Crippen LogP) is 1.18. The monoisotopic (exact) mass is 218 g/mol. The van der Waals surface area contributed by atoms with E-state index in [0.29, 0.717) is 0 Å². The SMILES string of the molecule is CNCc1ccn(CCc2cnn(C)c2)c1. The van der Waals surface area contributed by atoms with Crippen molar-refractivity contribution in [3.8, 4) is 0 Å². The molecule has 0 unspecified atom stereocenters. The summed E-state index contributed by atoms with van der Waals surface area (Å²) in [5, 5.41) is 7.31. The quantitative estimate of drug-likeness (QED) is 0.818. The van der Waals surface area contributed by atoms with Crippen LogP contribution in [0.2, 0.25) is 0 Å². The number of hydrogen-bond acceptors (Lipinski definition) is 2. The molecule has 0 amide bonds. The van der Waals surface area contributed by atoms with Gasteiger partial charge in [0.25, 0.3) is 0 Å². The highest BCUT2D eigenvalue weighted by molar-refractivity contribution is 5.10. The van der Waals surface area contributed by atoms with Crippen LogP contribution in [-0.2, 0) is 26.6 Å². The Morgan fingerprint density at radius 1 is 1.31 bits per heavy atom. The lowest BCUT2D eigenvalue weighted by Crippen LogP contribution is -2.04. The molecular weight excluding hydrogens is 200 g/mol. The van der Waals surface area contributed by atoms with Crippen molar-refractivity contribution in [1.82, 2.24) is 19.7 Å². The van der Waals surface area contributed by atoms with E-state index in [1.165, 1.54) is 11.1 Å². The van der Waals surface area contributed by atoms with Crippen molar-refractivity contribution in [2.24, 2.45) is 7.05 Å². The minimum Gasteiger partial charge on any atom is -0.354 e. The smallest absolute Gasteiger partial charge is 0.0522 e. The maximum absolute atomic E-state index is 4.16. The van der Waals surface area contributed by atoms with Gasteiger partial charge in [-0.25, -0.2) is 0 Å². The zero-order valence-corrected chi connectivity index (χ0v) is 9.85. The summed E-state index contributed by atoms with van der Waals surface area (Å²) >= 11 is 0. The Bertz CT molecular complexity index is 441. The van der Waals surface area contributed by atoms with E-state index < -0.39 is 0 Å². The Hall–Kier alpha value is -1.55. The third-order valence-electron chi connectivity index (χ3n) is 2.61. The molecule has 0 fully saturated rings. The van der Waals surface area contributed by atoms with E-state index in [-0.39, 0.29) is 0 Å². The summed E-state index contributed by atoms with van der Waals surface area (Å²) in [6, 6.07) is 2.15. The Labute approximate surface area is 95.9 Å². The number of nitrogens with zero attached hydrogens (tertiary/aromatic N) is 3. The van der Waals surface area contributed by atoms with Crippen LogP contribution in [0.25, 0.3) is 0 Å². The van der Waals surface area contributed by atoms with Crippen molar-refractivity contribution in [1.29, 1.82) is 0 Å². The molecule has 2 aromatic heterocycles. The first-order chi connectivity index (χ1) is 7.78. The largest absolute Gasteiger partial charge is 0.354 e. The van der Waals surface area contributed by atoms with E-state index in [2.05, 4.69) is 39.6 Å². The second-order valence-corrected chi connectivity index (χ2v) is 4.06. The summed E-state index contributed by atoms with van der Waals surface area (Å²) in [5.41, 5.74) is 2.61. The van der Waals surface area contributed by atoms with E-state index in [0.717, 1.165) is 19.5 Å². The Kier molecular flexibility index (Phi) is 3.41. The van der Waals surface area contributed by atoms with Gasteiger partial charge < -0.3 is 9.88 Å². The van der Waals surface area contributed by atoms with E-state index in [1.54, 1.807) is 0 Å². The van der Waals surface area contributed by atoms with Gasteiger partial charge in [-0.1, -0.05) is 0 Å². The topological polar surface area (TPSA) is 34.8 Å². The molecule has 0 aliphatic heterocycles. The maximum Gasteiger partial charge on any atom is 0.0522 e. The van der Waals surface area contributed by atoms with Gasteiger partial charge in [0.15, 0.2) is 0 Å². The molecule has 4 nitrogen and oxygen atoms in total. The molecule has 0 bridgehead atoms. The zero-order valence-electron chi connectivity index (χ0n) is 9.85. The average Bonchev–Trinajstić information content (AvgIpc) is 2.85. The van der Waals surface area contributed by atoms with Crippen LogP contribution < -0.4 is 5.32 Å². The maximum atomic E-state index is 4.16. The summed E-state index contributed by atoms with van der Waals surface area (Å²) in [5.74, 6) is 0. The first-order valence-electron chi connectivity index (χ1n) is 5.54. The molecule has 0 aliphatic carbocycles. The summed E-state index contributed by atoms with van der Waals surface area (Å²) in [6.45, 7) is 1.94. The number of nitrogens with one attached hydrogen (secondary N) is 1. The molecule has 4 heteroatoms. The van der Waals surface area contributed by atoms with E-state index in [1.807, 2.05) is 25.0 Å². The lowest BCUT2D eigenvalue weighted by Gasteiger charge is -2.00. The van der Waals surface area contributed by atoms with Gasteiger partial charge in [0, 0.05) is 38.7 Å². The lowest BCUT2D eigenvalue weighted by atomic mass is 10.2. The lowest BCUT2D eigenvalue weighted by molar-refractivity contribution is 0.695. The minimum absolute atomic E-state index is 0.930. The van der Waals surface area contributed by atoms with Crippen LogP contribution in [0.5, 0.6) is 0 Å². The van der Waals surface area contributed by atoms with Crippen LogP contribution in [0, 0.1) is 0 Å². The molecule has 0 saturated heterocycles. The second-order valence-electron chi connectivity index (χ2n) is 4.06. The zero-order chi connectivity index (χ0) is 11.4. The Morgan fingerprint density at radius 3 is 2.88 bits per heavy atom. The first-order valence-corrected chi connectivity index (χ1v) is 5.54. The van der Waals surface area contributed by atoms with Gasteiger partial charge in [-0.15, -0.1) is 0 Å². The molecular formula is C12H18N4.